The molecular weight excluding hydrogens is 276 g/mol. The number of benzene rings is 1. The highest BCUT2D eigenvalue weighted by atomic mass is 16.5. The standard InChI is InChI=1S/C14H16N2O5/c1-20-8-10-3-2-4-11(7-10)13(18)21-9-12(17)16-6-5-15-14(16)19/h2-4,7H,5-6,8-9H2,1H3,(H,15,19). The van der Waals surface area contributed by atoms with Crippen molar-refractivity contribution in [2.75, 3.05) is 26.8 Å². The van der Waals surface area contributed by atoms with E-state index in [1.54, 1.807) is 25.3 Å². The van der Waals surface area contributed by atoms with Crippen LogP contribution in [0.1, 0.15) is 15.9 Å². The minimum absolute atomic E-state index is 0.290. The van der Waals surface area contributed by atoms with E-state index in [-0.39, 0.29) is 0 Å². The average Bonchev–Trinajstić information content (AvgIpc) is 2.91. The van der Waals surface area contributed by atoms with Crippen molar-refractivity contribution < 1.29 is 23.9 Å². The fraction of sp³-hybridized carbons (Fsp3) is 0.357. The van der Waals surface area contributed by atoms with Gasteiger partial charge in [0, 0.05) is 20.2 Å². The second kappa shape index (κ2) is 6.85. The van der Waals surface area contributed by atoms with Gasteiger partial charge in [0.2, 0.25) is 0 Å². The summed E-state index contributed by atoms with van der Waals surface area (Å²) in [6.45, 7) is 0.630. The molecule has 3 amide bonds. The molecule has 0 atom stereocenters. The monoisotopic (exact) mass is 292 g/mol. The molecule has 1 fully saturated rings. The summed E-state index contributed by atoms with van der Waals surface area (Å²) in [4.78, 5) is 35.9. The lowest BCUT2D eigenvalue weighted by molar-refractivity contribution is -0.130. The summed E-state index contributed by atoms with van der Waals surface area (Å²) in [5.41, 5.74) is 1.17. The van der Waals surface area contributed by atoms with Gasteiger partial charge in [0.1, 0.15) is 0 Å². The SMILES string of the molecule is COCc1cccc(C(=O)OCC(=O)N2CCNC2=O)c1. The molecule has 0 bridgehead atoms. The number of nitrogens with zero attached hydrogens (tertiary/aromatic N) is 1. The van der Waals surface area contributed by atoms with Crippen molar-refractivity contribution in [2.24, 2.45) is 0 Å². The number of hydrogen-bond donors (Lipinski definition) is 1. The summed E-state index contributed by atoms with van der Waals surface area (Å²) in [5.74, 6) is -1.15. The molecule has 1 N–H and O–H groups in total. The number of rotatable bonds is 5. The molecule has 7 heteroatoms. The van der Waals surface area contributed by atoms with E-state index < -0.39 is 24.5 Å². The first kappa shape index (κ1) is 15.0. The van der Waals surface area contributed by atoms with Crippen LogP contribution in [0.15, 0.2) is 24.3 Å². The van der Waals surface area contributed by atoms with E-state index >= 15 is 0 Å². The summed E-state index contributed by atoms with van der Waals surface area (Å²) in [7, 11) is 1.56. The first-order valence-corrected chi connectivity index (χ1v) is 6.45. The molecule has 1 heterocycles. The zero-order valence-corrected chi connectivity index (χ0v) is 11.6. The lowest BCUT2D eigenvalue weighted by Gasteiger charge is -2.12. The minimum atomic E-state index is -0.610. The van der Waals surface area contributed by atoms with Crippen LogP contribution >= 0.6 is 0 Å². The Morgan fingerprint density at radius 1 is 1.38 bits per heavy atom. The highest BCUT2D eigenvalue weighted by Crippen LogP contribution is 2.08. The summed E-state index contributed by atoms with van der Waals surface area (Å²) >= 11 is 0. The summed E-state index contributed by atoms with van der Waals surface area (Å²) < 4.78 is 9.92. The van der Waals surface area contributed by atoms with E-state index in [1.807, 2.05) is 6.07 Å². The first-order valence-electron chi connectivity index (χ1n) is 6.45. The lowest BCUT2D eigenvalue weighted by Crippen LogP contribution is -2.37. The number of hydrogen-bond acceptors (Lipinski definition) is 5. The molecule has 1 aliphatic heterocycles. The molecule has 1 saturated heterocycles. The second-order valence-corrected chi connectivity index (χ2v) is 4.49. The third-order valence-corrected chi connectivity index (χ3v) is 2.96. The third-order valence-electron chi connectivity index (χ3n) is 2.96. The van der Waals surface area contributed by atoms with Crippen molar-refractivity contribution in [1.82, 2.24) is 10.2 Å². The highest BCUT2D eigenvalue weighted by molar-refractivity contribution is 5.98. The van der Waals surface area contributed by atoms with Crippen LogP contribution in [0.2, 0.25) is 0 Å². The maximum absolute atomic E-state index is 11.9. The minimum Gasteiger partial charge on any atom is -0.452 e. The zero-order valence-electron chi connectivity index (χ0n) is 11.6. The van der Waals surface area contributed by atoms with E-state index in [2.05, 4.69) is 5.32 Å². The van der Waals surface area contributed by atoms with Crippen molar-refractivity contribution >= 4 is 17.9 Å². The Morgan fingerprint density at radius 3 is 2.86 bits per heavy atom. The largest absolute Gasteiger partial charge is 0.452 e. The molecule has 1 aromatic rings. The Balaban J connectivity index is 1.91. The number of ether oxygens (including phenoxy) is 2. The smallest absolute Gasteiger partial charge is 0.338 e. The Morgan fingerprint density at radius 2 is 2.19 bits per heavy atom. The van der Waals surface area contributed by atoms with Crippen LogP contribution in [0.4, 0.5) is 4.79 Å². The molecule has 0 unspecified atom stereocenters. The van der Waals surface area contributed by atoms with E-state index in [0.717, 1.165) is 10.5 Å². The average molecular weight is 292 g/mol. The van der Waals surface area contributed by atoms with Gasteiger partial charge in [-0.05, 0) is 17.7 Å². The van der Waals surface area contributed by atoms with Crippen LogP contribution in [0.3, 0.4) is 0 Å². The topological polar surface area (TPSA) is 84.9 Å². The normalized spacial score (nSPS) is 14.0. The van der Waals surface area contributed by atoms with Gasteiger partial charge < -0.3 is 14.8 Å². The molecule has 2 rings (SSSR count). The quantitative estimate of drug-likeness (QED) is 0.801. The van der Waals surface area contributed by atoms with Gasteiger partial charge in [0.25, 0.3) is 5.91 Å². The number of carbonyl (C=O) groups is 3. The van der Waals surface area contributed by atoms with Crippen LogP contribution in [0, 0.1) is 0 Å². The molecule has 7 nitrogen and oxygen atoms in total. The molecule has 0 saturated carbocycles. The van der Waals surface area contributed by atoms with Gasteiger partial charge in [-0.15, -0.1) is 0 Å². The number of esters is 1. The van der Waals surface area contributed by atoms with Gasteiger partial charge in [-0.3, -0.25) is 9.69 Å². The predicted molar refractivity (Wildman–Crippen MR) is 72.5 cm³/mol. The molecule has 0 aromatic heterocycles. The summed E-state index contributed by atoms with van der Waals surface area (Å²) in [5, 5.41) is 2.50. The molecular formula is C14H16N2O5. The number of urea groups is 1. The molecule has 0 spiro atoms. The summed E-state index contributed by atoms with van der Waals surface area (Å²) in [6.07, 6.45) is 0. The van der Waals surface area contributed by atoms with E-state index in [0.29, 0.717) is 25.3 Å². The van der Waals surface area contributed by atoms with E-state index in [9.17, 15) is 14.4 Å². The lowest BCUT2D eigenvalue weighted by atomic mass is 10.1. The number of amides is 3. The Bertz CT molecular complexity index is 558. The van der Waals surface area contributed by atoms with Gasteiger partial charge in [0.05, 0.1) is 12.2 Å². The van der Waals surface area contributed by atoms with Gasteiger partial charge >= 0.3 is 12.0 Å². The van der Waals surface area contributed by atoms with Crippen LogP contribution < -0.4 is 5.32 Å². The highest BCUT2D eigenvalue weighted by Gasteiger charge is 2.26. The van der Waals surface area contributed by atoms with E-state index in [1.165, 1.54) is 0 Å². The molecule has 0 aliphatic carbocycles. The number of methoxy groups -OCH3 is 1. The van der Waals surface area contributed by atoms with Gasteiger partial charge in [0.15, 0.2) is 6.61 Å². The molecule has 112 valence electrons. The number of carbonyl (C=O) groups excluding carboxylic acids is 3. The van der Waals surface area contributed by atoms with Gasteiger partial charge in [-0.2, -0.15) is 0 Å². The predicted octanol–water partition coefficient (Wildman–Crippen LogP) is 0.542. The fourth-order valence-corrected chi connectivity index (χ4v) is 1.95. The van der Waals surface area contributed by atoms with Gasteiger partial charge in [-0.25, -0.2) is 9.59 Å². The van der Waals surface area contributed by atoms with Crippen molar-refractivity contribution in [3.63, 3.8) is 0 Å². The van der Waals surface area contributed by atoms with Crippen molar-refractivity contribution in [2.45, 2.75) is 6.61 Å². The molecule has 1 aromatic carbocycles. The van der Waals surface area contributed by atoms with Gasteiger partial charge in [-0.1, -0.05) is 12.1 Å². The van der Waals surface area contributed by atoms with Crippen LogP contribution in [0.5, 0.6) is 0 Å². The molecule has 0 radical (unpaired) electrons. The Labute approximate surface area is 121 Å². The fourth-order valence-electron chi connectivity index (χ4n) is 1.95. The van der Waals surface area contributed by atoms with Crippen LogP contribution in [-0.4, -0.2) is 49.6 Å². The second-order valence-electron chi connectivity index (χ2n) is 4.49. The maximum atomic E-state index is 11.9. The van der Waals surface area contributed by atoms with Crippen molar-refractivity contribution in [1.29, 1.82) is 0 Å². The zero-order chi connectivity index (χ0) is 15.2. The maximum Gasteiger partial charge on any atom is 0.338 e. The van der Waals surface area contributed by atoms with E-state index in [4.69, 9.17) is 9.47 Å². The third kappa shape index (κ3) is 3.79. The molecule has 1 aliphatic rings. The molecule has 21 heavy (non-hydrogen) atoms. The summed E-state index contributed by atoms with van der Waals surface area (Å²) in [6, 6.07) is 6.30. The Kier molecular flexibility index (Phi) is 4.89. The van der Waals surface area contributed by atoms with Crippen LogP contribution in [0.25, 0.3) is 0 Å². The van der Waals surface area contributed by atoms with Crippen LogP contribution in [-0.2, 0) is 20.9 Å². The number of imide groups is 1. The Hall–Kier alpha value is -2.41. The first-order chi connectivity index (χ1) is 10.1. The number of nitrogens with one attached hydrogen (secondary N) is 1. The van der Waals surface area contributed by atoms with Crippen molar-refractivity contribution in [3.05, 3.63) is 35.4 Å². The van der Waals surface area contributed by atoms with Crippen molar-refractivity contribution in [3.8, 4) is 0 Å².